The van der Waals surface area contributed by atoms with Gasteiger partial charge in [-0.05, 0) is 53.3 Å². The van der Waals surface area contributed by atoms with Crippen LogP contribution in [-0.4, -0.2) is 43.3 Å². The van der Waals surface area contributed by atoms with Crippen LogP contribution in [0.15, 0.2) is 72.9 Å². The van der Waals surface area contributed by atoms with Gasteiger partial charge in [0.2, 0.25) is 0 Å². The van der Waals surface area contributed by atoms with Crippen molar-refractivity contribution in [2.45, 2.75) is 26.3 Å². The van der Waals surface area contributed by atoms with Crippen LogP contribution in [0.25, 0.3) is 39.1 Å². The molecule has 3 heterocycles. The Morgan fingerprint density at radius 3 is 2.68 bits per heavy atom. The lowest BCUT2D eigenvalue weighted by atomic mass is 9.96. The number of hydrogen-bond acceptors (Lipinski definition) is 4. The number of hydrogen-bond donors (Lipinski definition) is 3. The molecule has 2 aromatic heterocycles. The van der Waals surface area contributed by atoms with E-state index in [1.807, 2.05) is 25.3 Å². The summed E-state index contributed by atoms with van der Waals surface area (Å²) in [5.41, 5.74) is 6.49. The number of phenolic OH excluding ortho intramolecular Hbond substituents is 1. The number of rotatable bonds is 6. The van der Waals surface area contributed by atoms with Gasteiger partial charge in [-0.2, -0.15) is 5.10 Å². The fourth-order valence-corrected chi connectivity index (χ4v) is 5.12. The minimum atomic E-state index is -0.364. The van der Waals surface area contributed by atoms with Crippen LogP contribution >= 0.6 is 0 Å². The number of aromatic hydroxyl groups is 1. The average molecular weight is 494 g/mol. The number of aromatic amines is 2. The zero-order valence-corrected chi connectivity index (χ0v) is 20.6. The summed E-state index contributed by atoms with van der Waals surface area (Å²) < 4.78 is 15.6. The smallest absolute Gasteiger partial charge is 0.159 e. The predicted molar refractivity (Wildman–Crippen MR) is 144 cm³/mol. The van der Waals surface area contributed by atoms with Gasteiger partial charge in [-0.1, -0.05) is 55.5 Å². The van der Waals surface area contributed by atoms with Crippen molar-refractivity contribution in [2.75, 3.05) is 13.1 Å². The molecule has 0 unspecified atom stereocenters. The average Bonchev–Trinajstić information content (AvgIpc) is 3.58. The van der Waals surface area contributed by atoms with Crippen molar-refractivity contribution < 1.29 is 9.50 Å². The first kappa shape index (κ1) is 23.2. The standard InChI is InChI=1S/C30H28FN5O/c1-2-20-16-22(37)8-9-23(20)24-10-11-25-28(27(24)31)34-35-29(25)30-32-17-26(33-30)21-12-14-36(15-13-21)18-19-6-4-3-5-7-19/h3-12,16-17,37H,2,13-15,18H2,1H3,(H,32,33)(H,34,35). The number of phenols is 1. The molecule has 186 valence electrons. The number of halogens is 1. The maximum Gasteiger partial charge on any atom is 0.159 e. The molecule has 0 atom stereocenters. The minimum absolute atomic E-state index is 0.177. The van der Waals surface area contributed by atoms with E-state index in [1.54, 1.807) is 24.3 Å². The number of benzene rings is 3. The Morgan fingerprint density at radius 1 is 1.05 bits per heavy atom. The quantitative estimate of drug-likeness (QED) is 0.259. The van der Waals surface area contributed by atoms with Gasteiger partial charge >= 0.3 is 0 Å². The molecule has 1 aliphatic rings. The van der Waals surface area contributed by atoms with Gasteiger partial charge in [-0.25, -0.2) is 9.37 Å². The van der Waals surface area contributed by atoms with Crippen LogP contribution in [0, 0.1) is 5.82 Å². The van der Waals surface area contributed by atoms with E-state index in [-0.39, 0.29) is 11.6 Å². The molecule has 0 saturated carbocycles. The van der Waals surface area contributed by atoms with Crippen molar-refractivity contribution in [3.63, 3.8) is 0 Å². The van der Waals surface area contributed by atoms with Crippen LogP contribution in [0.3, 0.4) is 0 Å². The molecular weight excluding hydrogens is 465 g/mol. The molecule has 1 aliphatic heterocycles. The third-order valence-corrected chi connectivity index (χ3v) is 7.11. The van der Waals surface area contributed by atoms with Crippen LogP contribution in [0.4, 0.5) is 4.39 Å². The van der Waals surface area contributed by atoms with Gasteiger partial charge in [0.05, 0.1) is 5.69 Å². The van der Waals surface area contributed by atoms with Gasteiger partial charge in [0.1, 0.15) is 17.0 Å². The molecule has 6 nitrogen and oxygen atoms in total. The van der Waals surface area contributed by atoms with Crippen molar-refractivity contribution in [3.8, 4) is 28.4 Å². The number of nitrogens with zero attached hydrogens (tertiary/aromatic N) is 3. The van der Waals surface area contributed by atoms with E-state index < -0.39 is 0 Å². The highest BCUT2D eigenvalue weighted by Crippen LogP contribution is 2.35. The van der Waals surface area contributed by atoms with E-state index in [4.69, 9.17) is 4.98 Å². The van der Waals surface area contributed by atoms with Crippen molar-refractivity contribution in [1.29, 1.82) is 0 Å². The lowest BCUT2D eigenvalue weighted by Crippen LogP contribution is -2.28. The number of fused-ring (bicyclic) bond motifs is 1. The summed E-state index contributed by atoms with van der Waals surface area (Å²) in [4.78, 5) is 10.5. The molecule has 5 aromatic rings. The number of aryl methyl sites for hydroxylation is 1. The maximum absolute atomic E-state index is 15.6. The Bertz CT molecular complexity index is 1600. The van der Waals surface area contributed by atoms with E-state index in [9.17, 15) is 5.11 Å². The molecule has 3 aromatic carbocycles. The van der Waals surface area contributed by atoms with Crippen LogP contribution in [0.2, 0.25) is 0 Å². The van der Waals surface area contributed by atoms with E-state index in [0.29, 0.717) is 34.4 Å². The van der Waals surface area contributed by atoms with E-state index in [2.05, 4.69) is 50.4 Å². The summed E-state index contributed by atoms with van der Waals surface area (Å²) in [6, 6.07) is 19.2. The minimum Gasteiger partial charge on any atom is -0.508 e. The normalized spacial score (nSPS) is 14.3. The Balaban J connectivity index is 1.25. The second kappa shape index (κ2) is 9.67. The molecule has 0 saturated heterocycles. The summed E-state index contributed by atoms with van der Waals surface area (Å²) in [6.45, 7) is 4.77. The molecule has 0 radical (unpaired) electrons. The molecule has 0 bridgehead atoms. The van der Waals surface area contributed by atoms with Crippen molar-refractivity contribution in [2.24, 2.45) is 0 Å². The largest absolute Gasteiger partial charge is 0.508 e. The lowest BCUT2D eigenvalue weighted by Gasteiger charge is -2.25. The Morgan fingerprint density at radius 2 is 1.89 bits per heavy atom. The van der Waals surface area contributed by atoms with E-state index in [1.165, 1.54) is 11.1 Å². The number of nitrogens with one attached hydrogen (secondary N) is 2. The van der Waals surface area contributed by atoms with Crippen LogP contribution in [-0.2, 0) is 13.0 Å². The van der Waals surface area contributed by atoms with Gasteiger partial charge in [0.25, 0.3) is 0 Å². The van der Waals surface area contributed by atoms with E-state index >= 15 is 4.39 Å². The van der Waals surface area contributed by atoms with Crippen molar-refractivity contribution in [3.05, 3.63) is 95.6 Å². The fraction of sp³-hybridized carbons (Fsp3) is 0.200. The molecule has 3 N–H and O–H groups in total. The molecule has 37 heavy (non-hydrogen) atoms. The lowest BCUT2D eigenvalue weighted by molar-refractivity contribution is 0.294. The first-order valence-corrected chi connectivity index (χ1v) is 12.6. The second-order valence-electron chi connectivity index (χ2n) is 9.45. The monoisotopic (exact) mass is 493 g/mol. The third kappa shape index (κ3) is 4.42. The molecule has 0 amide bonds. The molecular formula is C30H28FN5O. The topological polar surface area (TPSA) is 80.8 Å². The summed E-state index contributed by atoms with van der Waals surface area (Å²) in [5, 5.41) is 17.8. The highest BCUT2D eigenvalue weighted by molar-refractivity contribution is 5.95. The molecule has 0 fully saturated rings. The summed E-state index contributed by atoms with van der Waals surface area (Å²) >= 11 is 0. The summed E-state index contributed by atoms with van der Waals surface area (Å²) in [5.74, 6) is 0.424. The Labute approximate surface area is 214 Å². The number of H-pyrrole nitrogens is 2. The van der Waals surface area contributed by atoms with Gasteiger partial charge in [-0.3, -0.25) is 10.00 Å². The van der Waals surface area contributed by atoms with Gasteiger partial charge in [-0.15, -0.1) is 0 Å². The predicted octanol–water partition coefficient (Wildman–Crippen LogP) is 6.32. The summed E-state index contributed by atoms with van der Waals surface area (Å²) in [6.07, 6.45) is 5.75. The Kier molecular flexibility index (Phi) is 6.06. The van der Waals surface area contributed by atoms with Crippen LogP contribution in [0.1, 0.15) is 30.2 Å². The number of aromatic nitrogens is 4. The molecule has 0 aliphatic carbocycles. The first-order valence-electron chi connectivity index (χ1n) is 12.6. The highest BCUT2D eigenvalue weighted by atomic mass is 19.1. The van der Waals surface area contributed by atoms with Gasteiger partial charge < -0.3 is 10.1 Å². The zero-order chi connectivity index (χ0) is 25.4. The first-order chi connectivity index (χ1) is 18.1. The second-order valence-corrected chi connectivity index (χ2v) is 9.45. The Hall–Kier alpha value is -4.23. The number of imidazole rings is 1. The van der Waals surface area contributed by atoms with Gasteiger partial charge in [0, 0.05) is 36.8 Å². The molecule has 0 spiro atoms. The zero-order valence-electron chi connectivity index (χ0n) is 20.6. The third-order valence-electron chi connectivity index (χ3n) is 7.11. The van der Waals surface area contributed by atoms with E-state index in [0.717, 1.165) is 42.9 Å². The maximum atomic E-state index is 15.6. The van der Waals surface area contributed by atoms with Crippen molar-refractivity contribution in [1.82, 2.24) is 25.1 Å². The molecule has 6 rings (SSSR count). The SMILES string of the molecule is CCc1cc(O)ccc1-c1ccc2c(-c3nc(C4=CCN(Cc5ccccc5)CC4)c[nH]3)n[nH]c2c1F. The van der Waals surface area contributed by atoms with Crippen LogP contribution in [0.5, 0.6) is 5.75 Å². The highest BCUT2D eigenvalue weighted by Gasteiger charge is 2.20. The van der Waals surface area contributed by atoms with Gasteiger partial charge in [0.15, 0.2) is 11.6 Å². The summed E-state index contributed by atoms with van der Waals surface area (Å²) in [7, 11) is 0. The molecule has 7 heteroatoms. The fourth-order valence-electron chi connectivity index (χ4n) is 5.12. The van der Waals surface area contributed by atoms with Crippen molar-refractivity contribution >= 4 is 16.5 Å². The van der Waals surface area contributed by atoms with Crippen LogP contribution < -0.4 is 0 Å².